The van der Waals surface area contributed by atoms with Crippen molar-refractivity contribution in [2.24, 2.45) is 0 Å². The number of hydrogen-bond acceptors (Lipinski definition) is 5. The van der Waals surface area contributed by atoms with Crippen LogP contribution < -0.4 is 10.6 Å². The van der Waals surface area contributed by atoms with Gasteiger partial charge in [0.2, 0.25) is 5.91 Å². The van der Waals surface area contributed by atoms with Gasteiger partial charge in [-0.1, -0.05) is 78.9 Å². The van der Waals surface area contributed by atoms with Gasteiger partial charge in [0.25, 0.3) is 0 Å². The first-order valence-corrected chi connectivity index (χ1v) is 13.8. The van der Waals surface area contributed by atoms with Gasteiger partial charge >= 0.3 is 12.1 Å². The molecule has 0 bridgehead atoms. The monoisotopic (exact) mass is 541 g/mol. The van der Waals surface area contributed by atoms with E-state index in [1.54, 1.807) is 0 Å². The minimum absolute atomic E-state index is 0.0198. The van der Waals surface area contributed by atoms with E-state index in [1.165, 1.54) is 12.5 Å². The van der Waals surface area contributed by atoms with Crippen LogP contribution in [0.25, 0.3) is 11.1 Å². The lowest BCUT2D eigenvalue weighted by molar-refractivity contribution is -0.141. The smallest absolute Gasteiger partial charge is 0.407 e. The lowest BCUT2D eigenvalue weighted by Crippen LogP contribution is -2.57. The van der Waals surface area contributed by atoms with Crippen molar-refractivity contribution in [2.45, 2.75) is 50.2 Å². The highest BCUT2D eigenvalue weighted by atomic mass is 16.5. The van der Waals surface area contributed by atoms with Gasteiger partial charge in [-0.3, -0.25) is 14.5 Å². The van der Waals surface area contributed by atoms with E-state index in [2.05, 4.69) is 51.9 Å². The van der Waals surface area contributed by atoms with E-state index in [0.29, 0.717) is 25.9 Å². The lowest BCUT2D eigenvalue weighted by Gasteiger charge is -2.42. The molecular weight excluding hydrogens is 506 g/mol. The van der Waals surface area contributed by atoms with Gasteiger partial charge < -0.3 is 20.5 Å². The first-order chi connectivity index (χ1) is 19.3. The number of ether oxygens (including phenoxy) is 1. The van der Waals surface area contributed by atoms with Gasteiger partial charge in [0, 0.05) is 32.0 Å². The SMILES string of the molecule is C[C@@H](NC(=O)CC1(NC(=O)OCC2c3ccccc3-c3ccccc32)CCN(Cc2ccccc2)CC1)C(=O)O. The summed E-state index contributed by atoms with van der Waals surface area (Å²) < 4.78 is 5.80. The molecule has 2 amide bonds. The molecule has 3 aromatic rings. The Hall–Kier alpha value is -4.17. The number of benzene rings is 3. The van der Waals surface area contributed by atoms with Crippen LogP contribution in [0.2, 0.25) is 0 Å². The zero-order valence-electron chi connectivity index (χ0n) is 22.6. The summed E-state index contributed by atoms with van der Waals surface area (Å²) in [6.45, 7) is 3.75. The molecular formula is C32H35N3O5. The number of rotatable bonds is 9. The number of alkyl carbamates (subject to hydrolysis) is 1. The Morgan fingerprint density at radius 1 is 0.925 bits per heavy atom. The van der Waals surface area contributed by atoms with Gasteiger partial charge in [-0.15, -0.1) is 0 Å². The zero-order chi connectivity index (χ0) is 28.1. The van der Waals surface area contributed by atoms with Crippen LogP contribution in [0, 0.1) is 0 Å². The predicted octanol–water partition coefficient (Wildman–Crippen LogP) is 4.54. The summed E-state index contributed by atoms with van der Waals surface area (Å²) in [6.07, 6.45) is 0.490. The topological polar surface area (TPSA) is 108 Å². The number of carboxylic acid groups (broad SMARTS) is 1. The third-order valence-electron chi connectivity index (χ3n) is 8.02. The average Bonchev–Trinajstić information content (AvgIpc) is 3.27. The number of carbonyl (C=O) groups is 3. The van der Waals surface area contributed by atoms with Crippen molar-refractivity contribution in [3.05, 3.63) is 95.6 Å². The largest absolute Gasteiger partial charge is 0.480 e. The minimum Gasteiger partial charge on any atom is -0.480 e. The number of piperidine rings is 1. The van der Waals surface area contributed by atoms with Crippen molar-refractivity contribution in [1.29, 1.82) is 0 Å². The molecule has 0 radical (unpaired) electrons. The van der Waals surface area contributed by atoms with Crippen LogP contribution >= 0.6 is 0 Å². The summed E-state index contributed by atoms with van der Waals surface area (Å²) in [4.78, 5) is 39.6. The quantitative estimate of drug-likeness (QED) is 0.367. The molecule has 0 spiro atoms. The molecule has 40 heavy (non-hydrogen) atoms. The second kappa shape index (κ2) is 11.9. The van der Waals surface area contributed by atoms with Crippen LogP contribution in [-0.2, 0) is 20.9 Å². The molecule has 3 aromatic carbocycles. The van der Waals surface area contributed by atoms with E-state index >= 15 is 0 Å². The van der Waals surface area contributed by atoms with E-state index in [-0.39, 0.29) is 18.9 Å². The highest BCUT2D eigenvalue weighted by molar-refractivity contribution is 5.84. The van der Waals surface area contributed by atoms with Crippen molar-refractivity contribution in [3.63, 3.8) is 0 Å². The van der Waals surface area contributed by atoms with E-state index in [9.17, 15) is 19.5 Å². The molecule has 8 nitrogen and oxygen atoms in total. The van der Waals surface area contributed by atoms with Crippen LogP contribution in [0.5, 0.6) is 0 Å². The van der Waals surface area contributed by atoms with Crippen molar-refractivity contribution in [2.75, 3.05) is 19.7 Å². The first kappa shape index (κ1) is 27.4. The Bertz CT molecular complexity index is 1320. The highest BCUT2D eigenvalue weighted by Crippen LogP contribution is 2.44. The van der Waals surface area contributed by atoms with E-state index in [0.717, 1.165) is 28.8 Å². The first-order valence-electron chi connectivity index (χ1n) is 13.8. The maximum absolute atomic E-state index is 13.2. The van der Waals surface area contributed by atoms with Gasteiger partial charge in [0.05, 0.1) is 5.54 Å². The number of carbonyl (C=O) groups excluding carboxylic acids is 2. The summed E-state index contributed by atoms with van der Waals surface area (Å²) in [5.74, 6) is -1.59. The standard InChI is InChI=1S/C32H35N3O5/c1-22(30(37)38)33-29(36)19-32(15-17-35(18-16-32)20-23-9-3-2-4-10-23)34-31(39)40-21-28-26-13-7-5-11-24(26)25-12-6-8-14-27(25)28/h2-14,22,28H,15-21H2,1H3,(H,33,36)(H,34,39)(H,37,38)/t22-/m1/s1. The van der Waals surface area contributed by atoms with Crippen molar-refractivity contribution >= 4 is 18.0 Å². The Labute approximate surface area is 234 Å². The number of nitrogens with zero attached hydrogens (tertiary/aromatic N) is 1. The van der Waals surface area contributed by atoms with Gasteiger partial charge in [0.1, 0.15) is 12.6 Å². The van der Waals surface area contributed by atoms with E-state index in [4.69, 9.17) is 4.74 Å². The fraction of sp³-hybridized carbons (Fsp3) is 0.344. The van der Waals surface area contributed by atoms with E-state index in [1.807, 2.05) is 42.5 Å². The number of hydrogen-bond donors (Lipinski definition) is 3. The molecule has 208 valence electrons. The van der Waals surface area contributed by atoms with Gasteiger partial charge in [-0.2, -0.15) is 0 Å². The maximum atomic E-state index is 13.2. The second-order valence-electron chi connectivity index (χ2n) is 10.8. The summed E-state index contributed by atoms with van der Waals surface area (Å²) >= 11 is 0. The molecule has 5 rings (SSSR count). The molecule has 0 saturated carbocycles. The molecule has 0 aromatic heterocycles. The Morgan fingerprint density at radius 3 is 2.10 bits per heavy atom. The zero-order valence-corrected chi connectivity index (χ0v) is 22.6. The fourth-order valence-corrected chi connectivity index (χ4v) is 5.84. The van der Waals surface area contributed by atoms with Crippen LogP contribution in [0.3, 0.4) is 0 Å². The van der Waals surface area contributed by atoms with Gasteiger partial charge in [-0.25, -0.2) is 4.79 Å². The molecule has 1 fully saturated rings. The summed E-state index contributed by atoms with van der Waals surface area (Å²) in [5.41, 5.74) is 4.92. The molecule has 1 aliphatic heterocycles. The number of aliphatic carboxylic acids is 1. The average molecular weight is 542 g/mol. The molecule has 3 N–H and O–H groups in total. The van der Waals surface area contributed by atoms with Crippen molar-refractivity contribution in [1.82, 2.24) is 15.5 Å². The molecule has 1 saturated heterocycles. The molecule has 1 heterocycles. The Morgan fingerprint density at radius 2 is 1.50 bits per heavy atom. The van der Waals surface area contributed by atoms with E-state index < -0.39 is 29.6 Å². The summed E-state index contributed by atoms with van der Waals surface area (Å²) in [5, 5.41) is 14.8. The minimum atomic E-state index is -1.11. The van der Waals surface area contributed by atoms with Crippen LogP contribution in [-0.4, -0.2) is 59.3 Å². The van der Waals surface area contributed by atoms with Crippen LogP contribution in [0.15, 0.2) is 78.9 Å². The predicted molar refractivity (Wildman–Crippen MR) is 152 cm³/mol. The van der Waals surface area contributed by atoms with Crippen molar-refractivity contribution in [3.8, 4) is 11.1 Å². The fourth-order valence-electron chi connectivity index (χ4n) is 5.84. The Balaban J connectivity index is 1.26. The lowest BCUT2D eigenvalue weighted by atomic mass is 9.83. The molecule has 0 unspecified atom stereocenters. The third-order valence-corrected chi connectivity index (χ3v) is 8.02. The number of carboxylic acids is 1. The molecule has 2 aliphatic rings. The molecule has 1 aliphatic carbocycles. The number of likely N-dealkylation sites (tertiary alicyclic amines) is 1. The molecule has 8 heteroatoms. The van der Waals surface area contributed by atoms with Crippen LogP contribution in [0.4, 0.5) is 4.79 Å². The highest BCUT2D eigenvalue weighted by Gasteiger charge is 2.39. The van der Waals surface area contributed by atoms with Gasteiger partial charge in [-0.05, 0) is 47.6 Å². The summed E-state index contributed by atoms with van der Waals surface area (Å²) in [6, 6.07) is 25.5. The van der Waals surface area contributed by atoms with Crippen LogP contribution in [0.1, 0.15) is 48.8 Å². The second-order valence-corrected chi connectivity index (χ2v) is 10.8. The van der Waals surface area contributed by atoms with Gasteiger partial charge in [0.15, 0.2) is 0 Å². The molecule has 1 atom stereocenters. The maximum Gasteiger partial charge on any atom is 0.407 e. The summed E-state index contributed by atoms with van der Waals surface area (Å²) in [7, 11) is 0. The number of nitrogens with one attached hydrogen (secondary N) is 2. The normalized spacial score (nSPS) is 16.8. The van der Waals surface area contributed by atoms with Crippen molar-refractivity contribution < 1.29 is 24.2 Å². The third kappa shape index (κ3) is 6.18. The number of fused-ring (bicyclic) bond motifs is 3. The Kier molecular flexibility index (Phi) is 8.16. The number of amides is 2.